The van der Waals surface area contributed by atoms with Gasteiger partial charge in [-0.05, 0) is 48.3 Å². The predicted molar refractivity (Wildman–Crippen MR) is 115 cm³/mol. The number of carbonyl (C=O) groups excluding carboxylic acids is 3. The average molecular weight is 432 g/mol. The average Bonchev–Trinajstić information content (AvgIpc) is 2.89. The van der Waals surface area contributed by atoms with Crippen molar-refractivity contribution in [3.63, 3.8) is 0 Å². The summed E-state index contributed by atoms with van der Waals surface area (Å²) < 4.78 is 10.5. The molecule has 2 atom stereocenters. The summed E-state index contributed by atoms with van der Waals surface area (Å²) >= 11 is 0. The Kier molecular flexibility index (Phi) is 6.89. The number of ether oxygens (including phenoxy) is 2. The number of nitrogens with zero attached hydrogens (tertiary/aromatic N) is 1. The number of rotatable bonds is 8. The Bertz CT molecular complexity index is 823. The van der Waals surface area contributed by atoms with Crippen molar-refractivity contribution in [2.45, 2.75) is 52.1 Å². The minimum Gasteiger partial charge on any atom is -0.491 e. The molecule has 1 saturated carbocycles. The van der Waals surface area contributed by atoms with Crippen LogP contribution in [0.5, 0.6) is 5.75 Å². The van der Waals surface area contributed by atoms with Gasteiger partial charge in [-0.15, -0.1) is 0 Å². The van der Waals surface area contributed by atoms with Gasteiger partial charge in [-0.2, -0.15) is 0 Å². The Morgan fingerprint density at radius 2 is 1.90 bits per heavy atom. The molecule has 1 aliphatic carbocycles. The minimum absolute atomic E-state index is 0.0433. The maximum Gasteiger partial charge on any atom is 0.325 e. The molecule has 2 unspecified atom stereocenters. The molecule has 4 amide bonds. The normalized spacial score (nSPS) is 24.9. The van der Waals surface area contributed by atoms with Gasteiger partial charge in [-0.3, -0.25) is 14.5 Å². The minimum atomic E-state index is -0.892. The Labute approximate surface area is 183 Å². The number of methoxy groups -OCH3 is 1. The molecule has 2 aliphatic rings. The molecular formula is C23H33N3O5. The van der Waals surface area contributed by atoms with E-state index in [9.17, 15) is 14.4 Å². The second-order valence-electron chi connectivity index (χ2n) is 9.52. The third-order valence-corrected chi connectivity index (χ3v) is 5.90. The van der Waals surface area contributed by atoms with E-state index in [-0.39, 0.29) is 23.8 Å². The highest BCUT2D eigenvalue weighted by Gasteiger charge is 2.56. The lowest BCUT2D eigenvalue weighted by Crippen LogP contribution is -2.54. The quantitative estimate of drug-likeness (QED) is 0.487. The van der Waals surface area contributed by atoms with Crippen molar-refractivity contribution in [1.82, 2.24) is 15.5 Å². The topological polar surface area (TPSA) is 97.0 Å². The first kappa shape index (κ1) is 23.1. The molecule has 1 aliphatic heterocycles. The number of nitrogens with one attached hydrogen (secondary N) is 2. The Morgan fingerprint density at radius 1 is 1.19 bits per heavy atom. The van der Waals surface area contributed by atoms with E-state index in [0.717, 1.165) is 22.6 Å². The van der Waals surface area contributed by atoms with E-state index in [0.29, 0.717) is 38.5 Å². The number of imide groups is 1. The fourth-order valence-electron chi connectivity index (χ4n) is 5.00. The van der Waals surface area contributed by atoms with E-state index in [2.05, 4.69) is 31.4 Å². The van der Waals surface area contributed by atoms with Crippen LogP contribution in [-0.4, -0.2) is 55.2 Å². The summed E-state index contributed by atoms with van der Waals surface area (Å²) in [6.45, 7) is 7.34. The van der Waals surface area contributed by atoms with Crippen LogP contribution in [0.25, 0.3) is 0 Å². The molecule has 1 aromatic carbocycles. The number of hydrogen-bond donors (Lipinski definition) is 2. The number of urea groups is 1. The zero-order valence-electron chi connectivity index (χ0n) is 18.8. The van der Waals surface area contributed by atoms with E-state index in [4.69, 9.17) is 9.47 Å². The third-order valence-electron chi connectivity index (χ3n) is 5.90. The van der Waals surface area contributed by atoms with Crippen LogP contribution in [0.1, 0.15) is 45.6 Å². The van der Waals surface area contributed by atoms with Crippen LogP contribution in [0, 0.1) is 11.3 Å². The van der Waals surface area contributed by atoms with Crippen LogP contribution in [-0.2, 0) is 20.9 Å². The third kappa shape index (κ3) is 5.55. The molecule has 8 heteroatoms. The highest BCUT2D eigenvalue weighted by atomic mass is 16.5. The van der Waals surface area contributed by atoms with Gasteiger partial charge in [0.25, 0.3) is 5.91 Å². The molecule has 8 nitrogen and oxygen atoms in total. The monoisotopic (exact) mass is 431 g/mol. The van der Waals surface area contributed by atoms with Gasteiger partial charge in [0, 0.05) is 13.7 Å². The molecule has 1 aromatic rings. The molecule has 1 spiro atoms. The van der Waals surface area contributed by atoms with E-state index in [1.165, 1.54) is 0 Å². The fraction of sp³-hybridized carbons (Fsp3) is 0.609. The van der Waals surface area contributed by atoms with Gasteiger partial charge in [0.2, 0.25) is 5.91 Å². The summed E-state index contributed by atoms with van der Waals surface area (Å²) in [4.78, 5) is 39.1. The van der Waals surface area contributed by atoms with Gasteiger partial charge < -0.3 is 20.1 Å². The number of benzene rings is 1. The van der Waals surface area contributed by atoms with Crippen molar-refractivity contribution >= 4 is 17.8 Å². The van der Waals surface area contributed by atoms with E-state index in [1.807, 2.05) is 24.3 Å². The van der Waals surface area contributed by atoms with Crippen LogP contribution in [0.2, 0.25) is 0 Å². The lowest BCUT2D eigenvalue weighted by molar-refractivity contribution is -0.137. The number of carbonyl (C=O) groups is 3. The van der Waals surface area contributed by atoms with Gasteiger partial charge >= 0.3 is 6.03 Å². The van der Waals surface area contributed by atoms with E-state index >= 15 is 0 Å². The second kappa shape index (κ2) is 9.26. The maximum atomic E-state index is 13.1. The first-order valence-corrected chi connectivity index (χ1v) is 10.8. The molecule has 2 N–H and O–H groups in total. The summed E-state index contributed by atoms with van der Waals surface area (Å²) in [7, 11) is 1.62. The van der Waals surface area contributed by atoms with Crippen molar-refractivity contribution in [3.05, 3.63) is 29.8 Å². The molecule has 3 rings (SSSR count). The van der Waals surface area contributed by atoms with Gasteiger partial charge in [0.1, 0.15) is 24.4 Å². The van der Waals surface area contributed by atoms with Gasteiger partial charge in [0.05, 0.1) is 6.61 Å². The van der Waals surface area contributed by atoms with Crippen LogP contribution in [0.15, 0.2) is 24.3 Å². The largest absolute Gasteiger partial charge is 0.491 e. The van der Waals surface area contributed by atoms with Gasteiger partial charge in [-0.25, -0.2) is 4.79 Å². The van der Waals surface area contributed by atoms with Gasteiger partial charge in [0.15, 0.2) is 0 Å². The highest BCUT2D eigenvalue weighted by Crippen LogP contribution is 2.46. The van der Waals surface area contributed by atoms with Crippen molar-refractivity contribution in [2.24, 2.45) is 11.3 Å². The van der Waals surface area contributed by atoms with E-state index < -0.39 is 11.6 Å². The Hall–Kier alpha value is -2.61. The maximum absolute atomic E-state index is 13.1. The van der Waals surface area contributed by atoms with Crippen molar-refractivity contribution in [3.8, 4) is 5.75 Å². The summed E-state index contributed by atoms with van der Waals surface area (Å²) in [5, 5.41) is 5.68. The Balaban J connectivity index is 1.53. The summed E-state index contributed by atoms with van der Waals surface area (Å²) in [6.07, 6.45) is 2.21. The molecule has 2 fully saturated rings. The van der Waals surface area contributed by atoms with Crippen LogP contribution in [0.3, 0.4) is 0 Å². The van der Waals surface area contributed by atoms with Crippen molar-refractivity contribution < 1.29 is 23.9 Å². The first-order valence-electron chi connectivity index (χ1n) is 10.8. The smallest absolute Gasteiger partial charge is 0.325 e. The lowest BCUT2D eigenvalue weighted by atomic mass is 9.64. The van der Waals surface area contributed by atoms with Gasteiger partial charge in [-0.1, -0.05) is 32.9 Å². The predicted octanol–water partition coefficient (Wildman–Crippen LogP) is 2.46. The fourth-order valence-corrected chi connectivity index (χ4v) is 5.00. The summed E-state index contributed by atoms with van der Waals surface area (Å²) in [5.74, 6) is 0.388. The second-order valence-corrected chi connectivity index (χ2v) is 9.52. The molecule has 0 radical (unpaired) electrons. The van der Waals surface area contributed by atoms with Crippen LogP contribution in [0.4, 0.5) is 4.79 Å². The molecule has 0 bridgehead atoms. The van der Waals surface area contributed by atoms with Crippen molar-refractivity contribution in [2.75, 3.05) is 26.9 Å². The van der Waals surface area contributed by atoms with Crippen LogP contribution >= 0.6 is 0 Å². The van der Waals surface area contributed by atoms with Crippen molar-refractivity contribution in [1.29, 1.82) is 0 Å². The lowest BCUT2D eigenvalue weighted by Gasteiger charge is -2.43. The highest BCUT2D eigenvalue weighted by molar-refractivity contribution is 6.09. The number of hydrogen-bond acceptors (Lipinski definition) is 5. The zero-order valence-corrected chi connectivity index (χ0v) is 18.8. The summed E-state index contributed by atoms with van der Waals surface area (Å²) in [6, 6.07) is 6.88. The molecule has 170 valence electrons. The molecule has 31 heavy (non-hydrogen) atoms. The Morgan fingerprint density at radius 3 is 2.55 bits per heavy atom. The zero-order chi connectivity index (χ0) is 22.6. The standard InChI is InChI=1S/C23H33N3O5/c1-16-11-22(2,3)15-23(12-16)20(28)26(21(29)25-23)14-19(27)24-13-17-5-7-18(8-6-17)31-10-9-30-4/h5-8,16H,9-15H2,1-4H3,(H,24,27)(H,25,29). The molecular weight excluding hydrogens is 398 g/mol. The molecule has 0 aromatic heterocycles. The summed E-state index contributed by atoms with van der Waals surface area (Å²) in [5.41, 5.74) is -0.0425. The number of amides is 4. The molecule has 1 heterocycles. The van der Waals surface area contributed by atoms with E-state index in [1.54, 1.807) is 7.11 Å². The van der Waals surface area contributed by atoms with Crippen LogP contribution < -0.4 is 15.4 Å². The first-order chi connectivity index (χ1) is 14.6. The SMILES string of the molecule is COCCOc1ccc(CNC(=O)CN2C(=O)NC3(CC(C)CC(C)(C)C3)C2=O)cc1. The molecule has 1 saturated heterocycles.